The van der Waals surface area contributed by atoms with Gasteiger partial charge in [-0.1, -0.05) is 25.5 Å². The van der Waals surface area contributed by atoms with Gasteiger partial charge in [-0.25, -0.2) is 9.18 Å². The highest BCUT2D eigenvalue weighted by Gasteiger charge is 2.37. The van der Waals surface area contributed by atoms with Gasteiger partial charge >= 0.3 is 5.97 Å². The van der Waals surface area contributed by atoms with E-state index in [1.807, 2.05) is 6.92 Å². The van der Waals surface area contributed by atoms with Gasteiger partial charge in [0.05, 0.1) is 12.2 Å². The second-order valence-electron chi connectivity index (χ2n) is 6.71. The van der Waals surface area contributed by atoms with Crippen molar-refractivity contribution in [3.05, 3.63) is 46.9 Å². The van der Waals surface area contributed by atoms with E-state index in [-0.39, 0.29) is 37.0 Å². The maximum atomic E-state index is 13.7. The van der Waals surface area contributed by atoms with Gasteiger partial charge in [-0.3, -0.25) is 9.59 Å². The molecule has 1 atom stereocenters. The number of rotatable bonds is 8. The molecule has 1 heterocycles. The van der Waals surface area contributed by atoms with Crippen LogP contribution in [0.25, 0.3) is 0 Å². The van der Waals surface area contributed by atoms with Gasteiger partial charge in [0.15, 0.2) is 0 Å². The normalized spacial score (nSPS) is 16.9. The van der Waals surface area contributed by atoms with Crippen molar-refractivity contribution in [3.63, 3.8) is 0 Å². The van der Waals surface area contributed by atoms with Crippen LogP contribution in [0, 0.1) is 5.82 Å². The molecule has 0 saturated carbocycles. The quantitative estimate of drug-likeness (QED) is 0.547. The van der Waals surface area contributed by atoms with Crippen molar-refractivity contribution >= 4 is 17.8 Å². The van der Waals surface area contributed by atoms with Crippen molar-refractivity contribution < 1.29 is 23.5 Å². The summed E-state index contributed by atoms with van der Waals surface area (Å²) in [5, 5.41) is 2.77. The van der Waals surface area contributed by atoms with Crippen LogP contribution in [-0.2, 0) is 19.1 Å². The average Bonchev–Trinajstić information content (AvgIpc) is 2.65. The average molecular weight is 390 g/mol. The van der Waals surface area contributed by atoms with Crippen LogP contribution >= 0.6 is 0 Å². The van der Waals surface area contributed by atoms with E-state index < -0.39 is 17.7 Å². The first-order chi connectivity index (χ1) is 13.4. The lowest BCUT2D eigenvalue weighted by molar-refractivity contribution is -0.141. The third-order valence-corrected chi connectivity index (χ3v) is 4.72. The molecule has 0 aromatic heterocycles. The van der Waals surface area contributed by atoms with Gasteiger partial charge in [0.1, 0.15) is 12.4 Å². The molecule has 1 aliphatic heterocycles. The Balaban J connectivity index is 2.35. The Bertz CT molecular complexity index is 775. The van der Waals surface area contributed by atoms with Crippen molar-refractivity contribution in [1.82, 2.24) is 10.2 Å². The second-order valence-corrected chi connectivity index (χ2v) is 6.71. The number of carbonyl (C=O) groups is 3. The van der Waals surface area contributed by atoms with Crippen LogP contribution in [0.1, 0.15) is 51.5 Å². The first-order valence-electron chi connectivity index (χ1n) is 9.59. The zero-order valence-electron chi connectivity index (χ0n) is 16.6. The van der Waals surface area contributed by atoms with Crippen LogP contribution in [0.2, 0.25) is 0 Å². The molecule has 0 radical (unpaired) electrons. The fourth-order valence-corrected chi connectivity index (χ4v) is 3.29. The highest BCUT2D eigenvalue weighted by atomic mass is 19.1. The van der Waals surface area contributed by atoms with Gasteiger partial charge in [-0.05, 0) is 38.0 Å². The zero-order chi connectivity index (χ0) is 20.7. The minimum Gasteiger partial charge on any atom is -0.463 e. The molecule has 152 valence electrons. The number of carbonyl (C=O) groups excluding carboxylic acids is 3. The number of ether oxygens (including phenoxy) is 1. The fraction of sp³-hybridized carbons (Fsp3) is 0.476. The molecule has 0 bridgehead atoms. The molecular formula is C21H27FN2O4. The molecule has 0 saturated heterocycles. The number of amides is 2. The van der Waals surface area contributed by atoms with Gasteiger partial charge in [0.2, 0.25) is 11.8 Å². The maximum Gasteiger partial charge on any atom is 0.336 e. The number of allylic oxidation sites excluding steroid dienone is 1. The molecule has 1 aliphatic rings. The Morgan fingerprint density at radius 2 is 2.07 bits per heavy atom. The monoisotopic (exact) mass is 390 g/mol. The number of hydrogen-bond donors (Lipinski definition) is 1. The molecule has 1 aromatic rings. The molecule has 1 aromatic carbocycles. The van der Waals surface area contributed by atoms with Crippen LogP contribution in [0.5, 0.6) is 0 Å². The number of nitrogens with zero attached hydrogens (tertiary/aromatic N) is 1. The SMILES string of the molecule is CCCCNC(=O)CN1C(=O)CC(c2cccc(F)c2)C(C(=O)OCC)=C1C. The van der Waals surface area contributed by atoms with E-state index >= 15 is 0 Å². The summed E-state index contributed by atoms with van der Waals surface area (Å²) >= 11 is 0. The number of hydrogen-bond acceptors (Lipinski definition) is 4. The number of esters is 1. The number of halogens is 1. The first kappa shape index (κ1) is 21.6. The molecule has 2 rings (SSSR count). The lowest BCUT2D eigenvalue weighted by Gasteiger charge is -2.34. The van der Waals surface area contributed by atoms with E-state index in [0.717, 1.165) is 12.8 Å². The van der Waals surface area contributed by atoms with Gasteiger partial charge in [0.25, 0.3) is 0 Å². The van der Waals surface area contributed by atoms with Crippen molar-refractivity contribution in [2.24, 2.45) is 0 Å². The fourth-order valence-electron chi connectivity index (χ4n) is 3.29. The predicted octanol–water partition coefficient (Wildman–Crippen LogP) is 2.90. The summed E-state index contributed by atoms with van der Waals surface area (Å²) in [6.07, 6.45) is 1.77. The topological polar surface area (TPSA) is 75.7 Å². The Labute approximate surface area is 164 Å². The minimum atomic E-state index is -0.610. The van der Waals surface area contributed by atoms with E-state index in [9.17, 15) is 18.8 Å². The Morgan fingerprint density at radius 1 is 1.32 bits per heavy atom. The number of benzene rings is 1. The maximum absolute atomic E-state index is 13.7. The van der Waals surface area contributed by atoms with E-state index in [0.29, 0.717) is 17.8 Å². The van der Waals surface area contributed by atoms with Crippen molar-refractivity contribution in [3.8, 4) is 0 Å². The molecule has 0 spiro atoms. The summed E-state index contributed by atoms with van der Waals surface area (Å²) in [6, 6.07) is 5.85. The zero-order valence-corrected chi connectivity index (χ0v) is 16.6. The first-order valence-corrected chi connectivity index (χ1v) is 9.59. The standard InChI is InChI=1S/C21H27FN2O4/c1-4-6-10-23-18(25)13-24-14(3)20(21(27)28-5-2)17(12-19(24)26)15-8-7-9-16(22)11-15/h7-9,11,17H,4-6,10,12-13H2,1-3H3,(H,23,25). The van der Waals surface area contributed by atoms with Crippen LogP contribution in [0.4, 0.5) is 4.39 Å². The van der Waals surface area contributed by atoms with E-state index in [1.165, 1.54) is 17.0 Å². The highest BCUT2D eigenvalue weighted by molar-refractivity contribution is 5.97. The van der Waals surface area contributed by atoms with Gasteiger partial charge in [-0.15, -0.1) is 0 Å². The Morgan fingerprint density at radius 3 is 2.71 bits per heavy atom. The summed E-state index contributed by atoms with van der Waals surface area (Å²) in [4.78, 5) is 38.8. The van der Waals surface area contributed by atoms with Crippen LogP contribution < -0.4 is 5.32 Å². The van der Waals surface area contributed by atoms with Crippen molar-refractivity contribution in [1.29, 1.82) is 0 Å². The number of nitrogens with one attached hydrogen (secondary N) is 1. The van der Waals surface area contributed by atoms with E-state index in [1.54, 1.807) is 26.0 Å². The molecule has 0 aliphatic carbocycles. The summed E-state index contributed by atoms with van der Waals surface area (Å²) in [5.74, 6) is -2.18. The summed E-state index contributed by atoms with van der Waals surface area (Å²) in [7, 11) is 0. The van der Waals surface area contributed by atoms with Gasteiger partial charge in [-0.2, -0.15) is 0 Å². The largest absolute Gasteiger partial charge is 0.463 e. The lowest BCUT2D eigenvalue weighted by Crippen LogP contribution is -2.44. The van der Waals surface area contributed by atoms with Gasteiger partial charge < -0.3 is 15.0 Å². The highest BCUT2D eigenvalue weighted by Crippen LogP contribution is 2.37. The second kappa shape index (κ2) is 10.0. The Kier molecular flexibility index (Phi) is 7.72. The summed E-state index contributed by atoms with van der Waals surface area (Å²) in [5.41, 5.74) is 1.19. The van der Waals surface area contributed by atoms with E-state index in [4.69, 9.17) is 4.74 Å². The van der Waals surface area contributed by atoms with Crippen LogP contribution in [-0.4, -0.2) is 42.4 Å². The Hall–Kier alpha value is -2.70. The van der Waals surface area contributed by atoms with Crippen LogP contribution in [0.15, 0.2) is 35.5 Å². The number of unbranched alkanes of at least 4 members (excludes halogenated alkanes) is 1. The summed E-state index contributed by atoms with van der Waals surface area (Å²) < 4.78 is 18.9. The van der Waals surface area contributed by atoms with Gasteiger partial charge in [0, 0.05) is 24.6 Å². The molecule has 1 N–H and O–H groups in total. The molecule has 2 amide bonds. The van der Waals surface area contributed by atoms with Crippen molar-refractivity contribution in [2.75, 3.05) is 19.7 Å². The molecule has 6 nitrogen and oxygen atoms in total. The molecule has 28 heavy (non-hydrogen) atoms. The third kappa shape index (κ3) is 5.18. The molecule has 0 fully saturated rings. The summed E-state index contributed by atoms with van der Waals surface area (Å²) in [6.45, 7) is 5.89. The van der Waals surface area contributed by atoms with Crippen LogP contribution in [0.3, 0.4) is 0 Å². The molecular weight excluding hydrogens is 363 g/mol. The third-order valence-electron chi connectivity index (χ3n) is 4.72. The molecule has 1 unspecified atom stereocenters. The van der Waals surface area contributed by atoms with Crippen molar-refractivity contribution in [2.45, 2.75) is 46.0 Å². The minimum absolute atomic E-state index is 0.0306. The lowest BCUT2D eigenvalue weighted by atomic mass is 9.83. The predicted molar refractivity (Wildman–Crippen MR) is 103 cm³/mol. The smallest absolute Gasteiger partial charge is 0.336 e. The molecule has 7 heteroatoms. The van der Waals surface area contributed by atoms with E-state index in [2.05, 4.69) is 5.32 Å².